The van der Waals surface area contributed by atoms with Crippen molar-refractivity contribution in [3.63, 3.8) is 0 Å². The van der Waals surface area contributed by atoms with Gasteiger partial charge in [-0.05, 0) is 29.8 Å². The Morgan fingerprint density at radius 1 is 0.952 bits per heavy atom. The van der Waals surface area contributed by atoms with Crippen molar-refractivity contribution in [2.24, 2.45) is 0 Å². The number of halogens is 3. The average molecular weight is 351 g/mol. The number of nitrogens with zero attached hydrogens (tertiary/aromatic N) is 1. The summed E-state index contributed by atoms with van der Waals surface area (Å²) in [5.74, 6) is -1.28. The topological polar surface area (TPSA) is 52.0 Å². The van der Waals surface area contributed by atoms with Crippen molar-refractivity contribution in [1.82, 2.24) is 5.16 Å². The summed E-state index contributed by atoms with van der Waals surface area (Å²) in [5, 5.41) is 3.82. The van der Waals surface area contributed by atoms with Gasteiger partial charge in [-0.25, -0.2) is 8.78 Å². The van der Waals surface area contributed by atoms with Crippen molar-refractivity contribution < 1.29 is 13.3 Å². The minimum absolute atomic E-state index is 0.0944. The van der Waals surface area contributed by atoms with Crippen molar-refractivity contribution in [3.8, 4) is 22.4 Å². The molecule has 0 aliphatic heterocycles. The first-order valence-electron chi connectivity index (χ1n) is 6.02. The molecule has 0 radical (unpaired) electrons. The van der Waals surface area contributed by atoms with Gasteiger partial charge in [0.1, 0.15) is 17.3 Å². The highest BCUT2D eigenvalue weighted by Crippen LogP contribution is 2.37. The van der Waals surface area contributed by atoms with E-state index in [4.69, 9.17) is 10.3 Å². The lowest BCUT2D eigenvalue weighted by Gasteiger charge is -2.04. The molecule has 0 aliphatic rings. The largest absolute Gasteiger partial charge is 0.367 e. The van der Waals surface area contributed by atoms with Crippen LogP contribution in [-0.4, -0.2) is 5.16 Å². The van der Waals surface area contributed by atoms with Gasteiger partial charge in [0.25, 0.3) is 0 Å². The summed E-state index contributed by atoms with van der Waals surface area (Å²) in [6.45, 7) is 0. The normalized spacial score (nSPS) is 10.8. The summed E-state index contributed by atoms with van der Waals surface area (Å²) < 4.78 is 32.6. The molecule has 0 amide bonds. The van der Waals surface area contributed by atoms with E-state index in [2.05, 4.69) is 21.1 Å². The van der Waals surface area contributed by atoms with Crippen LogP contribution in [0.5, 0.6) is 0 Å². The highest BCUT2D eigenvalue weighted by Gasteiger charge is 2.18. The molecular formula is C15H9BrF2N2O. The smallest absolute Gasteiger partial charge is 0.230 e. The molecule has 3 nitrogen and oxygen atoms in total. The van der Waals surface area contributed by atoms with Gasteiger partial charge >= 0.3 is 0 Å². The van der Waals surface area contributed by atoms with Gasteiger partial charge in [-0.15, -0.1) is 0 Å². The summed E-state index contributed by atoms with van der Waals surface area (Å²) in [6, 6.07) is 10.4. The summed E-state index contributed by atoms with van der Waals surface area (Å²) >= 11 is 3.34. The second kappa shape index (κ2) is 5.29. The van der Waals surface area contributed by atoms with Gasteiger partial charge in [0.05, 0.1) is 5.56 Å². The van der Waals surface area contributed by atoms with Crippen LogP contribution in [0.3, 0.4) is 0 Å². The van der Waals surface area contributed by atoms with E-state index in [0.29, 0.717) is 11.3 Å². The molecule has 1 aromatic heterocycles. The molecule has 6 heteroatoms. The molecule has 0 unspecified atom stereocenters. The fraction of sp³-hybridized carbons (Fsp3) is 0. The van der Waals surface area contributed by atoms with Crippen LogP contribution in [0.15, 0.2) is 51.5 Å². The van der Waals surface area contributed by atoms with Gasteiger partial charge in [-0.3, -0.25) is 0 Å². The van der Waals surface area contributed by atoms with Crippen molar-refractivity contribution in [3.05, 3.63) is 58.6 Å². The maximum Gasteiger partial charge on any atom is 0.230 e. The monoisotopic (exact) mass is 350 g/mol. The molecular weight excluding hydrogens is 342 g/mol. The van der Waals surface area contributed by atoms with Crippen molar-refractivity contribution in [1.29, 1.82) is 0 Å². The highest BCUT2D eigenvalue weighted by atomic mass is 79.9. The number of aromatic nitrogens is 1. The van der Waals surface area contributed by atoms with E-state index >= 15 is 0 Å². The Balaban J connectivity index is 2.19. The van der Waals surface area contributed by atoms with Crippen LogP contribution in [0, 0.1) is 11.6 Å². The SMILES string of the molecule is Nc1onc(-c2cc(F)cc(F)c2)c1-c1ccc(Br)cc1. The quantitative estimate of drug-likeness (QED) is 0.732. The number of hydrogen-bond donors (Lipinski definition) is 1. The van der Waals surface area contributed by atoms with Gasteiger partial charge in [-0.2, -0.15) is 0 Å². The molecule has 21 heavy (non-hydrogen) atoms. The van der Waals surface area contributed by atoms with Crippen molar-refractivity contribution in [2.75, 3.05) is 5.73 Å². The van der Waals surface area contributed by atoms with Crippen LogP contribution in [0.25, 0.3) is 22.4 Å². The van der Waals surface area contributed by atoms with E-state index in [0.717, 1.165) is 16.1 Å². The number of anilines is 1. The van der Waals surface area contributed by atoms with Gasteiger partial charge in [-0.1, -0.05) is 33.2 Å². The van der Waals surface area contributed by atoms with Crippen LogP contribution >= 0.6 is 15.9 Å². The molecule has 1 heterocycles. The Labute approximate surface area is 127 Å². The molecule has 0 aliphatic carbocycles. The summed E-state index contributed by atoms with van der Waals surface area (Å²) in [4.78, 5) is 0. The number of hydrogen-bond acceptors (Lipinski definition) is 3. The zero-order valence-corrected chi connectivity index (χ0v) is 12.2. The first-order chi connectivity index (χ1) is 10.0. The Hall–Kier alpha value is -2.21. The van der Waals surface area contributed by atoms with E-state index in [1.165, 1.54) is 12.1 Å². The predicted octanol–water partition coefficient (Wildman–Crippen LogP) is 4.63. The van der Waals surface area contributed by atoms with Gasteiger partial charge in [0, 0.05) is 16.1 Å². The minimum Gasteiger partial charge on any atom is -0.367 e. The van der Waals surface area contributed by atoms with Crippen LogP contribution in [-0.2, 0) is 0 Å². The summed E-state index contributed by atoms with van der Waals surface area (Å²) in [7, 11) is 0. The predicted molar refractivity (Wildman–Crippen MR) is 79.4 cm³/mol. The van der Waals surface area contributed by atoms with E-state index in [9.17, 15) is 8.78 Å². The third-order valence-electron chi connectivity index (χ3n) is 2.99. The molecule has 0 saturated carbocycles. The first kappa shape index (κ1) is 13.8. The Kier molecular flexibility index (Phi) is 3.47. The molecule has 0 atom stereocenters. The van der Waals surface area contributed by atoms with Crippen molar-refractivity contribution in [2.45, 2.75) is 0 Å². The maximum atomic E-state index is 13.4. The van der Waals surface area contributed by atoms with Gasteiger partial charge in [0.15, 0.2) is 0 Å². The molecule has 2 N–H and O–H groups in total. The molecule has 0 fully saturated rings. The fourth-order valence-electron chi connectivity index (χ4n) is 2.09. The molecule has 0 bridgehead atoms. The van der Waals surface area contributed by atoms with Crippen LogP contribution in [0.1, 0.15) is 0 Å². The zero-order chi connectivity index (χ0) is 15.0. The number of benzene rings is 2. The lowest BCUT2D eigenvalue weighted by molar-refractivity contribution is 0.439. The van der Waals surface area contributed by atoms with E-state index in [1.807, 2.05) is 24.3 Å². The number of rotatable bonds is 2. The summed E-state index contributed by atoms with van der Waals surface area (Å²) in [6.07, 6.45) is 0. The Morgan fingerprint density at radius 3 is 2.19 bits per heavy atom. The third-order valence-corrected chi connectivity index (χ3v) is 3.52. The van der Waals surface area contributed by atoms with E-state index in [1.54, 1.807) is 0 Å². The molecule has 2 aromatic carbocycles. The lowest BCUT2D eigenvalue weighted by atomic mass is 10.0. The van der Waals surface area contributed by atoms with Gasteiger partial charge in [0.2, 0.25) is 5.88 Å². The maximum absolute atomic E-state index is 13.4. The zero-order valence-electron chi connectivity index (χ0n) is 10.6. The first-order valence-corrected chi connectivity index (χ1v) is 6.81. The molecule has 3 aromatic rings. The van der Waals surface area contributed by atoms with Gasteiger partial charge < -0.3 is 10.3 Å². The average Bonchev–Trinajstić information content (AvgIpc) is 2.80. The molecule has 0 saturated heterocycles. The number of nitrogens with two attached hydrogens (primary N) is 1. The second-order valence-corrected chi connectivity index (χ2v) is 5.35. The molecule has 3 rings (SSSR count). The second-order valence-electron chi connectivity index (χ2n) is 4.44. The van der Waals surface area contributed by atoms with Crippen molar-refractivity contribution >= 4 is 21.8 Å². The van der Waals surface area contributed by atoms with Crippen LogP contribution in [0.4, 0.5) is 14.7 Å². The Bertz CT molecular complexity index is 780. The van der Waals surface area contributed by atoms with E-state index in [-0.39, 0.29) is 11.4 Å². The fourth-order valence-corrected chi connectivity index (χ4v) is 2.35. The molecule has 0 spiro atoms. The third kappa shape index (κ3) is 2.67. The Morgan fingerprint density at radius 2 is 1.57 bits per heavy atom. The highest BCUT2D eigenvalue weighted by molar-refractivity contribution is 9.10. The standard InChI is InChI=1S/C15H9BrF2N2O/c16-10-3-1-8(2-4-10)13-14(20-21-15(13)19)9-5-11(17)7-12(18)6-9/h1-7H,19H2. The minimum atomic E-state index is -0.687. The lowest BCUT2D eigenvalue weighted by Crippen LogP contribution is -1.89. The van der Waals surface area contributed by atoms with Crippen LogP contribution < -0.4 is 5.73 Å². The number of nitrogen functional groups attached to an aromatic ring is 1. The van der Waals surface area contributed by atoms with E-state index < -0.39 is 11.6 Å². The van der Waals surface area contributed by atoms with Crippen LogP contribution in [0.2, 0.25) is 0 Å². The molecule has 106 valence electrons. The summed E-state index contributed by atoms with van der Waals surface area (Å²) in [5.41, 5.74) is 7.62.